The molecule has 2 rings (SSSR count). The van der Waals surface area contributed by atoms with Gasteiger partial charge in [-0.3, -0.25) is 20.4 Å². The quantitative estimate of drug-likeness (QED) is 0.815. The van der Waals surface area contributed by atoms with E-state index in [4.69, 9.17) is 14.4 Å². The van der Waals surface area contributed by atoms with Gasteiger partial charge in [0.1, 0.15) is 18.1 Å². The van der Waals surface area contributed by atoms with Gasteiger partial charge in [0.15, 0.2) is 6.61 Å². The van der Waals surface area contributed by atoms with Gasteiger partial charge in [0.2, 0.25) is 0 Å². The van der Waals surface area contributed by atoms with Crippen LogP contribution in [0.1, 0.15) is 15.9 Å². The highest BCUT2D eigenvalue weighted by molar-refractivity contribution is 5.95. The molecule has 0 aliphatic rings. The van der Waals surface area contributed by atoms with E-state index >= 15 is 0 Å². The second-order valence-electron chi connectivity index (χ2n) is 3.91. The van der Waals surface area contributed by atoms with E-state index in [1.807, 2.05) is 6.07 Å². The van der Waals surface area contributed by atoms with E-state index in [1.54, 1.807) is 24.3 Å². The summed E-state index contributed by atoms with van der Waals surface area (Å²) in [7, 11) is 0. The van der Waals surface area contributed by atoms with Gasteiger partial charge in [-0.25, -0.2) is 0 Å². The first-order valence-electron chi connectivity index (χ1n) is 5.94. The highest BCUT2D eigenvalue weighted by Crippen LogP contribution is 2.15. The smallest absolute Gasteiger partial charge is 0.276 e. The third kappa shape index (κ3) is 3.84. The van der Waals surface area contributed by atoms with Crippen LogP contribution < -0.4 is 15.6 Å². The lowest BCUT2D eigenvalue weighted by molar-refractivity contribution is -0.123. The van der Waals surface area contributed by atoms with Gasteiger partial charge in [-0.1, -0.05) is 12.1 Å². The van der Waals surface area contributed by atoms with E-state index in [9.17, 15) is 9.59 Å². The molecule has 0 saturated heterocycles. The van der Waals surface area contributed by atoms with Crippen molar-refractivity contribution in [1.29, 1.82) is 5.26 Å². The van der Waals surface area contributed by atoms with E-state index in [0.717, 1.165) is 0 Å². The summed E-state index contributed by atoms with van der Waals surface area (Å²) >= 11 is 0. The molecule has 0 fully saturated rings. The number of hydrogen-bond acceptors (Lipinski definition) is 5. The first-order valence-corrected chi connectivity index (χ1v) is 5.94. The number of ether oxygens (including phenoxy) is 1. The Morgan fingerprint density at radius 3 is 2.76 bits per heavy atom. The molecule has 0 aliphatic carbocycles. The fraction of sp³-hybridized carbons (Fsp3) is 0.0714. The first-order chi connectivity index (χ1) is 10.2. The molecule has 0 radical (unpaired) electrons. The molecule has 106 valence electrons. The minimum atomic E-state index is -0.556. The Balaban J connectivity index is 1.80. The number of furan rings is 1. The Morgan fingerprint density at radius 2 is 2.05 bits per heavy atom. The van der Waals surface area contributed by atoms with Crippen molar-refractivity contribution in [1.82, 2.24) is 10.9 Å². The number of carbonyl (C=O) groups excluding carboxylic acids is 2. The van der Waals surface area contributed by atoms with Crippen LogP contribution in [0.3, 0.4) is 0 Å². The van der Waals surface area contributed by atoms with E-state index < -0.39 is 11.8 Å². The summed E-state index contributed by atoms with van der Waals surface area (Å²) in [5, 5.41) is 8.87. The molecule has 0 unspecified atom stereocenters. The second kappa shape index (κ2) is 6.77. The van der Waals surface area contributed by atoms with Crippen molar-refractivity contribution in [3.05, 3.63) is 54.0 Å². The molecule has 2 aromatic rings. The molecule has 1 aromatic heterocycles. The third-order valence-electron chi connectivity index (χ3n) is 2.47. The molecule has 0 atom stereocenters. The summed E-state index contributed by atoms with van der Waals surface area (Å²) in [6.07, 6.45) is 2.60. The predicted octanol–water partition coefficient (Wildman–Crippen LogP) is 0.991. The Morgan fingerprint density at radius 1 is 1.24 bits per heavy atom. The van der Waals surface area contributed by atoms with Gasteiger partial charge in [0, 0.05) is 0 Å². The summed E-state index contributed by atoms with van der Waals surface area (Å²) in [5.41, 5.74) is 5.01. The van der Waals surface area contributed by atoms with Gasteiger partial charge in [0.25, 0.3) is 11.8 Å². The molecule has 7 heteroatoms. The molecular formula is C14H11N3O4. The van der Waals surface area contributed by atoms with E-state index in [1.165, 1.54) is 18.6 Å². The number of nitriles is 1. The molecule has 21 heavy (non-hydrogen) atoms. The Kier molecular flexibility index (Phi) is 4.56. The van der Waals surface area contributed by atoms with Gasteiger partial charge in [-0.2, -0.15) is 5.26 Å². The Hall–Kier alpha value is -3.27. The lowest BCUT2D eigenvalue weighted by Gasteiger charge is -2.08. The van der Waals surface area contributed by atoms with Crippen LogP contribution in [-0.4, -0.2) is 18.4 Å². The monoisotopic (exact) mass is 285 g/mol. The number of para-hydroxylation sites is 1. The molecule has 0 bridgehead atoms. The SMILES string of the molecule is N#Cc1ccccc1OCC(=O)NNC(=O)c1ccoc1. The Labute approximate surface area is 120 Å². The predicted molar refractivity (Wildman–Crippen MR) is 71.0 cm³/mol. The summed E-state index contributed by atoms with van der Waals surface area (Å²) in [5.74, 6) is -0.759. The maximum absolute atomic E-state index is 11.5. The van der Waals surface area contributed by atoms with Gasteiger partial charge in [0.05, 0.1) is 17.4 Å². The number of rotatable bonds is 4. The molecule has 1 heterocycles. The first kappa shape index (κ1) is 14.1. The van der Waals surface area contributed by atoms with Crippen LogP contribution in [0.4, 0.5) is 0 Å². The number of amides is 2. The van der Waals surface area contributed by atoms with Crippen LogP contribution in [0.15, 0.2) is 47.3 Å². The zero-order chi connectivity index (χ0) is 15.1. The highest BCUT2D eigenvalue weighted by atomic mass is 16.5. The van der Waals surface area contributed by atoms with Crippen LogP contribution in [0.5, 0.6) is 5.75 Å². The van der Waals surface area contributed by atoms with E-state index in [2.05, 4.69) is 10.9 Å². The average molecular weight is 285 g/mol. The minimum absolute atomic E-state index is 0.283. The van der Waals surface area contributed by atoms with E-state index in [0.29, 0.717) is 11.3 Å². The fourth-order valence-corrected chi connectivity index (χ4v) is 1.46. The summed E-state index contributed by atoms with van der Waals surface area (Å²) < 4.78 is 9.95. The normalized spacial score (nSPS) is 9.48. The molecular weight excluding hydrogens is 274 g/mol. The number of hydrazine groups is 1. The molecule has 7 nitrogen and oxygen atoms in total. The maximum Gasteiger partial charge on any atom is 0.276 e. The van der Waals surface area contributed by atoms with Gasteiger partial charge < -0.3 is 9.15 Å². The van der Waals surface area contributed by atoms with Gasteiger partial charge >= 0.3 is 0 Å². The van der Waals surface area contributed by atoms with Gasteiger partial charge in [-0.05, 0) is 18.2 Å². The van der Waals surface area contributed by atoms with Crippen LogP contribution in [0, 0.1) is 11.3 Å². The molecule has 0 aliphatic heterocycles. The summed E-state index contributed by atoms with van der Waals surface area (Å²) in [6.45, 7) is -0.329. The molecule has 2 N–H and O–H groups in total. The molecule has 0 spiro atoms. The van der Waals surface area contributed by atoms with Crippen molar-refractivity contribution in [3.8, 4) is 11.8 Å². The summed E-state index contributed by atoms with van der Waals surface area (Å²) in [6, 6.07) is 9.95. The Bertz CT molecular complexity index is 674. The fourth-order valence-electron chi connectivity index (χ4n) is 1.46. The average Bonchev–Trinajstić information content (AvgIpc) is 3.05. The molecule has 2 amide bonds. The van der Waals surface area contributed by atoms with Crippen molar-refractivity contribution in [2.24, 2.45) is 0 Å². The number of carbonyl (C=O) groups is 2. The van der Waals surface area contributed by atoms with E-state index in [-0.39, 0.29) is 12.2 Å². The van der Waals surface area contributed by atoms with Crippen molar-refractivity contribution >= 4 is 11.8 Å². The number of hydrogen-bond donors (Lipinski definition) is 2. The van der Waals surface area contributed by atoms with Crippen molar-refractivity contribution < 1.29 is 18.7 Å². The molecule has 0 saturated carbocycles. The highest BCUT2D eigenvalue weighted by Gasteiger charge is 2.09. The number of benzene rings is 1. The number of nitrogens with zero attached hydrogens (tertiary/aromatic N) is 1. The topological polar surface area (TPSA) is 104 Å². The lowest BCUT2D eigenvalue weighted by atomic mass is 10.2. The largest absolute Gasteiger partial charge is 0.482 e. The van der Waals surface area contributed by atoms with Gasteiger partial charge in [-0.15, -0.1) is 0 Å². The van der Waals surface area contributed by atoms with Crippen LogP contribution >= 0.6 is 0 Å². The number of nitrogens with one attached hydrogen (secondary N) is 2. The van der Waals surface area contributed by atoms with Crippen molar-refractivity contribution in [3.63, 3.8) is 0 Å². The summed E-state index contributed by atoms with van der Waals surface area (Å²) in [4.78, 5) is 23.0. The second-order valence-corrected chi connectivity index (χ2v) is 3.91. The maximum atomic E-state index is 11.5. The zero-order valence-corrected chi connectivity index (χ0v) is 10.8. The van der Waals surface area contributed by atoms with Crippen LogP contribution in [-0.2, 0) is 4.79 Å². The minimum Gasteiger partial charge on any atom is -0.482 e. The third-order valence-corrected chi connectivity index (χ3v) is 2.47. The lowest BCUT2D eigenvalue weighted by Crippen LogP contribution is -2.43. The van der Waals surface area contributed by atoms with Crippen molar-refractivity contribution in [2.45, 2.75) is 0 Å². The standard InChI is InChI=1S/C14H11N3O4/c15-7-10-3-1-2-4-12(10)21-9-13(18)16-17-14(19)11-5-6-20-8-11/h1-6,8H,9H2,(H,16,18)(H,17,19). The zero-order valence-electron chi connectivity index (χ0n) is 10.8. The van der Waals surface area contributed by atoms with Crippen LogP contribution in [0.2, 0.25) is 0 Å². The van der Waals surface area contributed by atoms with Crippen LogP contribution in [0.25, 0.3) is 0 Å². The van der Waals surface area contributed by atoms with Crippen molar-refractivity contribution in [2.75, 3.05) is 6.61 Å². The molecule has 1 aromatic carbocycles.